The normalized spacial score (nSPS) is 15.9. The summed E-state index contributed by atoms with van der Waals surface area (Å²) in [5.74, 6) is 0.609. The number of nitrogens with zero attached hydrogens (tertiary/aromatic N) is 4. The van der Waals surface area contributed by atoms with E-state index in [1.807, 2.05) is 12.3 Å². The molecule has 22 heavy (non-hydrogen) atoms. The zero-order valence-electron chi connectivity index (χ0n) is 12.7. The van der Waals surface area contributed by atoms with Gasteiger partial charge in [-0.15, -0.1) is 24.0 Å². The molecule has 6 nitrogen and oxygen atoms in total. The van der Waals surface area contributed by atoms with E-state index >= 15 is 0 Å². The second-order valence-corrected chi connectivity index (χ2v) is 5.24. The first-order valence-electron chi connectivity index (χ1n) is 7.30. The lowest BCUT2D eigenvalue weighted by molar-refractivity contribution is 0.0674. The fraction of sp³-hybridized carbons (Fsp3) is 0.467. The van der Waals surface area contributed by atoms with Crippen molar-refractivity contribution in [2.75, 3.05) is 32.8 Å². The number of imidazole rings is 1. The van der Waals surface area contributed by atoms with Crippen LogP contribution in [0.4, 0.5) is 0 Å². The van der Waals surface area contributed by atoms with Crippen LogP contribution in [0, 0.1) is 6.92 Å². The molecule has 1 aliphatic rings. The first-order valence-corrected chi connectivity index (χ1v) is 7.30. The van der Waals surface area contributed by atoms with Crippen molar-refractivity contribution in [2.45, 2.75) is 13.3 Å². The Morgan fingerprint density at radius 2 is 2.18 bits per heavy atom. The minimum Gasteiger partial charge on any atom is -0.378 e. The van der Waals surface area contributed by atoms with Crippen molar-refractivity contribution in [3.63, 3.8) is 0 Å². The predicted molar refractivity (Wildman–Crippen MR) is 97.9 cm³/mol. The molecule has 120 valence electrons. The van der Waals surface area contributed by atoms with Crippen LogP contribution in [0.5, 0.6) is 0 Å². The average Bonchev–Trinajstić information content (AvgIpc) is 2.92. The van der Waals surface area contributed by atoms with Crippen molar-refractivity contribution in [1.29, 1.82) is 0 Å². The van der Waals surface area contributed by atoms with Gasteiger partial charge in [0.2, 0.25) is 0 Å². The number of rotatable bonds is 3. The van der Waals surface area contributed by atoms with Gasteiger partial charge < -0.3 is 19.8 Å². The van der Waals surface area contributed by atoms with E-state index in [1.54, 1.807) is 0 Å². The van der Waals surface area contributed by atoms with Gasteiger partial charge in [0.1, 0.15) is 5.65 Å². The van der Waals surface area contributed by atoms with Gasteiger partial charge in [0.25, 0.3) is 0 Å². The van der Waals surface area contributed by atoms with E-state index < -0.39 is 0 Å². The molecule has 2 aromatic heterocycles. The van der Waals surface area contributed by atoms with Gasteiger partial charge in [-0.25, -0.2) is 4.98 Å². The van der Waals surface area contributed by atoms with Crippen LogP contribution >= 0.6 is 24.0 Å². The first-order chi connectivity index (χ1) is 10.2. The van der Waals surface area contributed by atoms with Crippen LogP contribution < -0.4 is 5.73 Å². The highest BCUT2D eigenvalue weighted by molar-refractivity contribution is 14.0. The molecule has 0 aliphatic carbocycles. The Morgan fingerprint density at radius 1 is 1.41 bits per heavy atom. The number of ether oxygens (including phenoxy) is 1. The summed E-state index contributed by atoms with van der Waals surface area (Å²) in [4.78, 5) is 11.2. The summed E-state index contributed by atoms with van der Waals surface area (Å²) < 4.78 is 7.36. The minimum atomic E-state index is 0. The number of aliphatic imine (C=N–C) groups is 1. The number of fused-ring (bicyclic) bond motifs is 1. The Hall–Kier alpha value is -1.35. The maximum Gasteiger partial charge on any atom is 0.191 e. The summed E-state index contributed by atoms with van der Waals surface area (Å²) in [5, 5.41) is 0. The van der Waals surface area contributed by atoms with Crippen LogP contribution in [0.2, 0.25) is 0 Å². The molecular weight excluding hydrogens is 393 g/mol. The van der Waals surface area contributed by atoms with Crippen LogP contribution in [0.15, 0.2) is 29.5 Å². The van der Waals surface area contributed by atoms with Gasteiger partial charge in [-0.3, -0.25) is 4.99 Å². The van der Waals surface area contributed by atoms with Crippen molar-refractivity contribution >= 4 is 35.6 Å². The molecule has 0 unspecified atom stereocenters. The van der Waals surface area contributed by atoms with Crippen LogP contribution in [-0.2, 0) is 11.2 Å². The second kappa shape index (κ2) is 7.77. The molecule has 7 heteroatoms. The molecule has 1 aliphatic heterocycles. The maximum atomic E-state index is 6.01. The van der Waals surface area contributed by atoms with E-state index in [2.05, 4.69) is 38.5 Å². The van der Waals surface area contributed by atoms with E-state index in [-0.39, 0.29) is 24.0 Å². The van der Waals surface area contributed by atoms with Gasteiger partial charge in [-0.05, 0) is 18.6 Å². The maximum absolute atomic E-state index is 6.01. The molecule has 1 saturated heterocycles. The molecule has 2 aromatic rings. The van der Waals surface area contributed by atoms with Crippen LogP contribution in [0.25, 0.3) is 5.65 Å². The van der Waals surface area contributed by atoms with E-state index in [1.165, 1.54) is 5.56 Å². The van der Waals surface area contributed by atoms with Gasteiger partial charge in [0.15, 0.2) is 5.96 Å². The highest BCUT2D eigenvalue weighted by atomic mass is 127. The topological polar surface area (TPSA) is 68.2 Å². The van der Waals surface area contributed by atoms with Crippen molar-refractivity contribution < 1.29 is 4.74 Å². The Labute approximate surface area is 147 Å². The van der Waals surface area contributed by atoms with E-state index in [4.69, 9.17) is 10.5 Å². The number of nitrogens with two attached hydrogens (primary N) is 1. The second-order valence-electron chi connectivity index (χ2n) is 5.24. The molecule has 0 aromatic carbocycles. The molecule has 0 amide bonds. The standard InChI is InChI=1S/C15H21N5O.HI/c1-12-3-2-6-20-11-13(18-14(12)20)4-5-17-15(16)19-7-9-21-10-8-19;/h2-3,6,11H,4-5,7-10H2,1H3,(H2,16,17);1H. The van der Waals surface area contributed by atoms with Crippen molar-refractivity contribution in [1.82, 2.24) is 14.3 Å². The van der Waals surface area contributed by atoms with E-state index in [0.29, 0.717) is 12.5 Å². The summed E-state index contributed by atoms with van der Waals surface area (Å²) in [6, 6.07) is 4.10. The van der Waals surface area contributed by atoms with Crippen LogP contribution in [0.3, 0.4) is 0 Å². The Balaban J connectivity index is 0.00000176. The third-order valence-electron chi connectivity index (χ3n) is 3.70. The van der Waals surface area contributed by atoms with Crippen LogP contribution in [-0.4, -0.2) is 53.1 Å². The Morgan fingerprint density at radius 3 is 2.91 bits per heavy atom. The molecule has 0 radical (unpaired) electrons. The predicted octanol–water partition coefficient (Wildman–Crippen LogP) is 1.45. The number of guanidine groups is 1. The first kappa shape index (κ1) is 17.0. The lowest BCUT2D eigenvalue weighted by atomic mass is 10.3. The SMILES string of the molecule is Cc1cccn2cc(CCN=C(N)N3CCOCC3)nc12.I. The van der Waals surface area contributed by atoms with Crippen molar-refractivity contribution in [3.8, 4) is 0 Å². The molecule has 0 saturated carbocycles. The summed E-state index contributed by atoms with van der Waals surface area (Å²) in [6.45, 7) is 5.82. The number of hydrogen-bond acceptors (Lipinski definition) is 3. The number of hydrogen-bond donors (Lipinski definition) is 1. The fourth-order valence-electron chi connectivity index (χ4n) is 2.50. The molecule has 1 fully saturated rings. The third-order valence-corrected chi connectivity index (χ3v) is 3.70. The molecule has 3 rings (SSSR count). The molecule has 0 spiro atoms. The molecule has 0 bridgehead atoms. The lowest BCUT2D eigenvalue weighted by Gasteiger charge is -2.27. The van der Waals surface area contributed by atoms with Gasteiger partial charge in [-0.2, -0.15) is 0 Å². The van der Waals surface area contributed by atoms with E-state index in [0.717, 1.165) is 44.1 Å². The number of halogens is 1. The van der Waals surface area contributed by atoms with Gasteiger partial charge in [0.05, 0.1) is 18.9 Å². The zero-order valence-corrected chi connectivity index (χ0v) is 15.1. The van der Waals surface area contributed by atoms with Gasteiger partial charge >= 0.3 is 0 Å². The number of pyridine rings is 1. The summed E-state index contributed by atoms with van der Waals surface area (Å²) in [5.41, 5.74) is 9.24. The quantitative estimate of drug-likeness (QED) is 0.468. The van der Waals surface area contributed by atoms with Gasteiger partial charge in [-0.1, -0.05) is 6.07 Å². The molecular formula is C15H22IN5O. The fourth-order valence-corrected chi connectivity index (χ4v) is 2.50. The largest absolute Gasteiger partial charge is 0.378 e. The zero-order chi connectivity index (χ0) is 14.7. The van der Waals surface area contributed by atoms with Gasteiger partial charge in [0, 0.05) is 38.4 Å². The van der Waals surface area contributed by atoms with Crippen LogP contribution in [0.1, 0.15) is 11.3 Å². The minimum absolute atomic E-state index is 0. The highest BCUT2D eigenvalue weighted by Gasteiger charge is 2.12. The number of aryl methyl sites for hydroxylation is 1. The van der Waals surface area contributed by atoms with Crippen molar-refractivity contribution in [3.05, 3.63) is 35.8 Å². The molecule has 2 N–H and O–H groups in total. The Kier molecular flexibility index (Phi) is 6.01. The average molecular weight is 415 g/mol. The Bertz CT molecular complexity index is 648. The number of morpholine rings is 1. The molecule has 3 heterocycles. The van der Waals surface area contributed by atoms with Crippen molar-refractivity contribution in [2.24, 2.45) is 10.7 Å². The lowest BCUT2D eigenvalue weighted by Crippen LogP contribution is -2.44. The van der Waals surface area contributed by atoms with E-state index in [9.17, 15) is 0 Å². The monoisotopic (exact) mass is 415 g/mol. The smallest absolute Gasteiger partial charge is 0.191 e. The summed E-state index contributed by atoms with van der Waals surface area (Å²) in [6.07, 6.45) is 4.87. The summed E-state index contributed by atoms with van der Waals surface area (Å²) in [7, 11) is 0. The summed E-state index contributed by atoms with van der Waals surface area (Å²) >= 11 is 0. The highest BCUT2D eigenvalue weighted by Crippen LogP contribution is 2.10. The number of aromatic nitrogens is 2. The molecule has 0 atom stereocenters. The third kappa shape index (κ3) is 3.89.